The van der Waals surface area contributed by atoms with Crippen LogP contribution in [0.3, 0.4) is 0 Å². The van der Waals surface area contributed by atoms with Gasteiger partial charge >= 0.3 is 10.1 Å². The van der Waals surface area contributed by atoms with Gasteiger partial charge in [0, 0.05) is 11.6 Å². The number of ether oxygens (including phenoxy) is 1. The molecule has 0 fully saturated rings. The van der Waals surface area contributed by atoms with Crippen molar-refractivity contribution in [3.05, 3.63) is 114 Å². The van der Waals surface area contributed by atoms with Crippen LogP contribution in [0.4, 0.5) is 5.69 Å². The number of phenols is 1. The number of aromatic hydroxyl groups is 1. The first-order valence-electron chi connectivity index (χ1n) is 11.8. The molecule has 0 aliphatic carbocycles. The number of hydrogen-bond donors (Lipinski definition) is 2. The quantitative estimate of drug-likeness (QED) is 0.148. The molecule has 1 amide bonds. The van der Waals surface area contributed by atoms with Gasteiger partial charge in [0.25, 0.3) is 5.91 Å². The van der Waals surface area contributed by atoms with Crippen LogP contribution < -0.4 is 14.2 Å². The minimum absolute atomic E-state index is 0.00726. The zero-order chi connectivity index (χ0) is 26.1. The molecule has 4 rings (SSSR count). The number of carbonyl (C=O) groups excluding carboxylic acids is 1. The first-order chi connectivity index (χ1) is 17.9. The number of aryl methyl sites for hydroxylation is 1. The Morgan fingerprint density at radius 2 is 1.43 bits per heavy atom. The molecule has 0 spiro atoms. The summed E-state index contributed by atoms with van der Waals surface area (Å²) in [6, 6.07) is 28.4. The molecular formula is C29H27NO6S. The van der Waals surface area contributed by atoms with Gasteiger partial charge in [-0.25, -0.2) is 0 Å². The number of phenolic OH excluding ortho intramolecular Hbond substituents is 1. The Balaban J connectivity index is 1.31. The molecule has 0 aliphatic heterocycles. The minimum atomic E-state index is -4.06. The molecular weight excluding hydrogens is 490 g/mol. The van der Waals surface area contributed by atoms with Gasteiger partial charge < -0.3 is 19.3 Å². The normalized spacial score (nSPS) is 11.0. The van der Waals surface area contributed by atoms with Crippen LogP contribution in [0, 0.1) is 0 Å². The summed E-state index contributed by atoms with van der Waals surface area (Å²) in [5.41, 5.74) is 1.67. The number of hydrogen-bond acceptors (Lipinski definition) is 6. The zero-order valence-corrected chi connectivity index (χ0v) is 20.9. The molecule has 4 aromatic rings. The van der Waals surface area contributed by atoms with Gasteiger partial charge in [0.2, 0.25) is 0 Å². The second-order valence-electron chi connectivity index (χ2n) is 8.30. The molecule has 0 aliphatic rings. The maximum absolute atomic E-state index is 12.7. The summed E-state index contributed by atoms with van der Waals surface area (Å²) in [6.45, 7) is 0.574. The molecule has 37 heavy (non-hydrogen) atoms. The second kappa shape index (κ2) is 12.1. The van der Waals surface area contributed by atoms with E-state index >= 15 is 0 Å². The molecule has 190 valence electrons. The van der Waals surface area contributed by atoms with Crippen LogP contribution in [0.15, 0.2) is 108 Å². The van der Waals surface area contributed by atoms with Crippen LogP contribution in [-0.4, -0.2) is 26.0 Å². The van der Waals surface area contributed by atoms with Crippen LogP contribution in [0.5, 0.6) is 17.2 Å². The van der Waals surface area contributed by atoms with Crippen molar-refractivity contribution < 1.29 is 27.2 Å². The summed E-state index contributed by atoms with van der Waals surface area (Å²) in [6.07, 6.45) is 2.93. The van der Waals surface area contributed by atoms with Crippen molar-refractivity contribution in [2.45, 2.75) is 24.2 Å². The molecule has 2 N–H and O–H groups in total. The van der Waals surface area contributed by atoms with Gasteiger partial charge in [0.1, 0.15) is 22.1 Å². The van der Waals surface area contributed by atoms with E-state index in [2.05, 4.69) is 17.4 Å². The number of rotatable bonds is 11. The lowest BCUT2D eigenvalue weighted by atomic mass is 10.1. The highest BCUT2D eigenvalue weighted by atomic mass is 32.2. The maximum Gasteiger partial charge on any atom is 0.339 e. The van der Waals surface area contributed by atoms with Crippen LogP contribution in [-0.2, 0) is 16.5 Å². The Labute approximate surface area is 216 Å². The van der Waals surface area contributed by atoms with Crippen LogP contribution >= 0.6 is 0 Å². The van der Waals surface area contributed by atoms with E-state index in [1.807, 2.05) is 18.2 Å². The van der Waals surface area contributed by atoms with Crippen molar-refractivity contribution in [1.29, 1.82) is 0 Å². The second-order valence-corrected chi connectivity index (χ2v) is 9.85. The van der Waals surface area contributed by atoms with Gasteiger partial charge in [0.15, 0.2) is 0 Å². The topological polar surface area (TPSA) is 102 Å². The SMILES string of the molecule is O=C(Nc1cc(OS(=O)(=O)c2ccccc2)ccc1O)c1ccc(OCCCCc2ccccc2)cc1. The number of nitrogens with one attached hydrogen (secondary N) is 1. The molecule has 7 nitrogen and oxygen atoms in total. The van der Waals surface area contributed by atoms with E-state index in [4.69, 9.17) is 8.92 Å². The lowest BCUT2D eigenvalue weighted by Crippen LogP contribution is -2.13. The summed E-state index contributed by atoms with van der Waals surface area (Å²) < 4.78 is 35.9. The monoisotopic (exact) mass is 517 g/mol. The Hall–Kier alpha value is -4.30. The first kappa shape index (κ1) is 25.8. The molecule has 0 heterocycles. The van der Waals surface area contributed by atoms with E-state index in [9.17, 15) is 18.3 Å². The van der Waals surface area contributed by atoms with Gasteiger partial charge in [-0.05, 0) is 73.4 Å². The molecule has 0 aromatic heterocycles. The van der Waals surface area contributed by atoms with Gasteiger partial charge in [0.05, 0.1) is 12.3 Å². The zero-order valence-electron chi connectivity index (χ0n) is 20.0. The third-order valence-electron chi connectivity index (χ3n) is 5.54. The van der Waals surface area contributed by atoms with E-state index in [-0.39, 0.29) is 22.1 Å². The van der Waals surface area contributed by atoms with Crippen LogP contribution in [0.1, 0.15) is 28.8 Å². The largest absolute Gasteiger partial charge is 0.506 e. The molecule has 0 radical (unpaired) electrons. The third kappa shape index (κ3) is 7.35. The molecule has 0 saturated heterocycles. The summed E-state index contributed by atoms with van der Waals surface area (Å²) in [5.74, 6) is -0.102. The Morgan fingerprint density at radius 3 is 2.14 bits per heavy atom. The highest BCUT2D eigenvalue weighted by molar-refractivity contribution is 7.87. The summed E-state index contributed by atoms with van der Waals surface area (Å²) in [4.78, 5) is 12.7. The Kier molecular flexibility index (Phi) is 8.43. The number of benzene rings is 4. The summed E-state index contributed by atoms with van der Waals surface area (Å²) in [5, 5.41) is 12.7. The maximum atomic E-state index is 12.7. The standard InChI is InChI=1S/C29H27NO6S/c31-28-19-18-25(36-37(33,34)26-12-5-2-6-13-26)21-27(28)30-29(32)23-14-16-24(17-15-23)35-20-8-7-11-22-9-3-1-4-10-22/h1-6,9-10,12-19,21,31H,7-8,11,20H2,(H,30,32). The fourth-order valence-corrected chi connectivity index (χ4v) is 4.54. The number of amides is 1. The van der Waals surface area contributed by atoms with E-state index in [0.29, 0.717) is 17.9 Å². The summed E-state index contributed by atoms with van der Waals surface area (Å²) >= 11 is 0. The molecule has 0 atom stereocenters. The highest BCUT2D eigenvalue weighted by Gasteiger charge is 2.18. The van der Waals surface area contributed by atoms with Crippen LogP contribution in [0.25, 0.3) is 0 Å². The van der Waals surface area contributed by atoms with Crippen molar-refractivity contribution in [2.24, 2.45) is 0 Å². The van der Waals surface area contributed by atoms with Crippen molar-refractivity contribution in [3.63, 3.8) is 0 Å². The lowest BCUT2D eigenvalue weighted by Gasteiger charge is -2.11. The van der Waals surface area contributed by atoms with E-state index in [1.54, 1.807) is 42.5 Å². The fourth-order valence-electron chi connectivity index (χ4n) is 3.59. The van der Waals surface area contributed by atoms with E-state index in [1.165, 1.54) is 35.9 Å². The average molecular weight is 518 g/mol. The van der Waals surface area contributed by atoms with Crippen molar-refractivity contribution in [1.82, 2.24) is 0 Å². The van der Waals surface area contributed by atoms with Gasteiger partial charge in [-0.1, -0.05) is 48.5 Å². The fraction of sp³-hybridized carbons (Fsp3) is 0.138. The number of anilines is 1. The predicted molar refractivity (Wildman–Crippen MR) is 142 cm³/mol. The predicted octanol–water partition coefficient (Wildman–Crippen LogP) is 5.81. The molecule has 0 bridgehead atoms. The molecule has 8 heteroatoms. The lowest BCUT2D eigenvalue weighted by molar-refractivity contribution is 0.102. The van der Waals surface area contributed by atoms with Crippen LogP contribution in [0.2, 0.25) is 0 Å². The number of unbranched alkanes of at least 4 members (excludes halogenated alkanes) is 1. The molecule has 4 aromatic carbocycles. The number of carbonyl (C=O) groups is 1. The first-order valence-corrected chi connectivity index (χ1v) is 13.2. The van der Waals surface area contributed by atoms with Gasteiger partial charge in [-0.2, -0.15) is 8.42 Å². The van der Waals surface area contributed by atoms with E-state index in [0.717, 1.165) is 19.3 Å². The van der Waals surface area contributed by atoms with Crippen molar-refractivity contribution >= 4 is 21.7 Å². The average Bonchev–Trinajstić information content (AvgIpc) is 2.91. The molecule has 0 unspecified atom stereocenters. The Bertz CT molecular complexity index is 1420. The third-order valence-corrected chi connectivity index (χ3v) is 6.80. The van der Waals surface area contributed by atoms with Crippen molar-refractivity contribution in [2.75, 3.05) is 11.9 Å². The Morgan fingerprint density at radius 1 is 0.784 bits per heavy atom. The van der Waals surface area contributed by atoms with E-state index < -0.39 is 16.0 Å². The smallest absolute Gasteiger partial charge is 0.339 e. The minimum Gasteiger partial charge on any atom is -0.506 e. The van der Waals surface area contributed by atoms with Crippen molar-refractivity contribution in [3.8, 4) is 17.2 Å². The highest BCUT2D eigenvalue weighted by Crippen LogP contribution is 2.30. The molecule has 0 saturated carbocycles. The summed E-state index contributed by atoms with van der Waals surface area (Å²) in [7, 11) is -4.06. The van der Waals surface area contributed by atoms with Gasteiger partial charge in [-0.3, -0.25) is 4.79 Å². The van der Waals surface area contributed by atoms with Gasteiger partial charge in [-0.15, -0.1) is 0 Å².